The van der Waals surface area contributed by atoms with Crippen molar-refractivity contribution in [3.63, 3.8) is 0 Å². The Bertz CT molecular complexity index is 748. The molecule has 2 aromatic rings. The number of pyridine rings is 1. The van der Waals surface area contributed by atoms with Crippen LogP contribution in [0.3, 0.4) is 0 Å². The van der Waals surface area contributed by atoms with Crippen LogP contribution in [0, 0.1) is 11.3 Å². The number of nitrogens with one attached hydrogen (secondary N) is 1. The molecule has 3 rings (SSSR count). The van der Waals surface area contributed by atoms with Crippen LogP contribution in [0.4, 0.5) is 5.00 Å². The van der Waals surface area contributed by atoms with Crippen LogP contribution in [-0.4, -0.2) is 29.4 Å². The summed E-state index contributed by atoms with van der Waals surface area (Å²) >= 11 is 1.58. The molecule has 6 heteroatoms. The number of carbonyl (C=O) groups is 1. The van der Waals surface area contributed by atoms with Crippen LogP contribution in [0.5, 0.6) is 0 Å². The third-order valence-electron chi connectivity index (χ3n) is 4.10. The second-order valence-corrected chi connectivity index (χ2v) is 6.60. The normalized spacial score (nSPS) is 13.3. The number of thiophene rings is 1. The second-order valence-electron chi connectivity index (χ2n) is 5.50. The molecule has 0 spiro atoms. The highest BCUT2D eigenvalue weighted by molar-refractivity contribution is 7.16. The first-order valence-electron chi connectivity index (χ1n) is 7.62. The van der Waals surface area contributed by atoms with Gasteiger partial charge in [-0.25, -0.2) is 0 Å². The Morgan fingerprint density at radius 1 is 1.57 bits per heavy atom. The van der Waals surface area contributed by atoms with Crippen molar-refractivity contribution in [1.29, 1.82) is 5.26 Å². The number of nitrogens with zero attached hydrogens (tertiary/aromatic N) is 3. The standard InChI is InChI=1S/C17H18N4OS/c1-19-17-14(9-18)13-6-8-21(11-15(13)23-17)16(22)5-4-12-3-2-7-20-10-12/h2-3,7,10,19H,4-6,8,11H2,1H3. The number of fused-ring (bicyclic) bond motifs is 1. The minimum Gasteiger partial charge on any atom is -0.379 e. The molecule has 1 N–H and O–H groups in total. The van der Waals surface area contributed by atoms with E-state index in [4.69, 9.17) is 0 Å². The van der Waals surface area contributed by atoms with Gasteiger partial charge >= 0.3 is 0 Å². The summed E-state index contributed by atoms with van der Waals surface area (Å²) in [5, 5.41) is 13.3. The molecular weight excluding hydrogens is 308 g/mol. The Labute approximate surface area is 139 Å². The molecule has 23 heavy (non-hydrogen) atoms. The van der Waals surface area contributed by atoms with Crippen molar-refractivity contribution in [2.75, 3.05) is 18.9 Å². The molecule has 0 bridgehead atoms. The maximum Gasteiger partial charge on any atom is 0.223 e. The fourth-order valence-corrected chi connectivity index (χ4v) is 4.03. The second kappa shape index (κ2) is 6.80. The Hall–Kier alpha value is -2.39. The third-order valence-corrected chi connectivity index (χ3v) is 5.33. The average molecular weight is 326 g/mol. The van der Waals surface area contributed by atoms with Crippen LogP contribution in [-0.2, 0) is 24.2 Å². The van der Waals surface area contributed by atoms with Gasteiger partial charge < -0.3 is 10.2 Å². The van der Waals surface area contributed by atoms with E-state index in [1.807, 2.05) is 24.1 Å². The van der Waals surface area contributed by atoms with Gasteiger partial charge in [-0.1, -0.05) is 6.07 Å². The number of hydrogen-bond donors (Lipinski definition) is 1. The first-order valence-corrected chi connectivity index (χ1v) is 8.43. The van der Waals surface area contributed by atoms with Crippen LogP contribution >= 0.6 is 11.3 Å². The molecule has 0 fully saturated rings. The van der Waals surface area contributed by atoms with Crippen LogP contribution in [0.15, 0.2) is 24.5 Å². The van der Waals surface area contributed by atoms with E-state index in [2.05, 4.69) is 16.4 Å². The van der Waals surface area contributed by atoms with Crippen LogP contribution in [0.2, 0.25) is 0 Å². The van der Waals surface area contributed by atoms with Gasteiger partial charge in [0.1, 0.15) is 11.1 Å². The summed E-state index contributed by atoms with van der Waals surface area (Å²) in [7, 11) is 1.83. The Morgan fingerprint density at radius 2 is 2.43 bits per heavy atom. The van der Waals surface area contributed by atoms with E-state index in [9.17, 15) is 10.1 Å². The van der Waals surface area contributed by atoms with Crippen molar-refractivity contribution in [1.82, 2.24) is 9.88 Å². The van der Waals surface area contributed by atoms with Gasteiger partial charge in [-0.05, 0) is 30.0 Å². The number of amides is 1. The minimum absolute atomic E-state index is 0.164. The van der Waals surface area contributed by atoms with Crippen molar-refractivity contribution in [3.05, 3.63) is 46.1 Å². The highest BCUT2D eigenvalue weighted by atomic mass is 32.1. The molecule has 0 aromatic carbocycles. The fourth-order valence-electron chi connectivity index (χ4n) is 2.87. The summed E-state index contributed by atoms with van der Waals surface area (Å²) in [5.74, 6) is 0.164. The van der Waals surface area contributed by atoms with Crippen LogP contribution in [0.25, 0.3) is 0 Å². The molecule has 5 nitrogen and oxygen atoms in total. The summed E-state index contributed by atoms with van der Waals surface area (Å²) in [5.41, 5.74) is 2.94. The van der Waals surface area contributed by atoms with E-state index in [-0.39, 0.29) is 5.91 Å². The predicted molar refractivity (Wildman–Crippen MR) is 90.3 cm³/mol. The molecule has 0 saturated heterocycles. The van der Waals surface area contributed by atoms with Gasteiger partial charge in [0, 0.05) is 37.3 Å². The van der Waals surface area contributed by atoms with Gasteiger partial charge in [0.25, 0.3) is 0 Å². The van der Waals surface area contributed by atoms with Gasteiger partial charge in [0.15, 0.2) is 0 Å². The third kappa shape index (κ3) is 3.20. The zero-order valence-electron chi connectivity index (χ0n) is 13.0. The number of carbonyl (C=O) groups excluding carboxylic acids is 1. The summed E-state index contributed by atoms with van der Waals surface area (Å²) in [6, 6.07) is 6.17. The SMILES string of the molecule is CNc1sc2c(c1C#N)CCN(C(=O)CCc1cccnc1)C2. The highest BCUT2D eigenvalue weighted by Gasteiger charge is 2.26. The quantitative estimate of drug-likeness (QED) is 0.937. The molecule has 0 saturated carbocycles. The molecule has 0 aliphatic carbocycles. The zero-order chi connectivity index (χ0) is 16.2. The summed E-state index contributed by atoms with van der Waals surface area (Å²) in [6.45, 7) is 1.30. The van der Waals surface area contributed by atoms with Gasteiger partial charge in [-0.2, -0.15) is 5.26 Å². The molecule has 3 heterocycles. The first-order chi connectivity index (χ1) is 11.2. The maximum absolute atomic E-state index is 12.4. The molecule has 1 aliphatic rings. The summed E-state index contributed by atoms with van der Waals surface area (Å²) in [4.78, 5) is 19.5. The smallest absolute Gasteiger partial charge is 0.223 e. The number of aryl methyl sites for hydroxylation is 1. The highest BCUT2D eigenvalue weighted by Crippen LogP contribution is 2.36. The van der Waals surface area contributed by atoms with E-state index in [0.29, 0.717) is 25.9 Å². The molecule has 2 aromatic heterocycles. The largest absolute Gasteiger partial charge is 0.379 e. The van der Waals surface area contributed by atoms with E-state index in [1.165, 1.54) is 0 Å². The lowest BCUT2D eigenvalue weighted by molar-refractivity contribution is -0.132. The lowest BCUT2D eigenvalue weighted by Crippen LogP contribution is -2.35. The lowest BCUT2D eigenvalue weighted by atomic mass is 10.0. The number of anilines is 1. The Morgan fingerprint density at radius 3 is 3.13 bits per heavy atom. The first kappa shape index (κ1) is 15.5. The van der Waals surface area contributed by atoms with Crippen molar-refractivity contribution >= 4 is 22.2 Å². The Balaban J connectivity index is 1.66. The van der Waals surface area contributed by atoms with Crippen molar-refractivity contribution < 1.29 is 4.79 Å². The monoisotopic (exact) mass is 326 g/mol. The van der Waals surface area contributed by atoms with Gasteiger partial charge in [-0.15, -0.1) is 11.3 Å². The van der Waals surface area contributed by atoms with E-state index in [0.717, 1.165) is 33.0 Å². The van der Waals surface area contributed by atoms with Crippen LogP contribution < -0.4 is 5.32 Å². The predicted octanol–water partition coefficient (Wildman–Crippen LogP) is 2.57. The van der Waals surface area contributed by atoms with Crippen LogP contribution in [0.1, 0.15) is 28.0 Å². The van der Waals surface area contributed by atoms with Gasteiger partial charge in [-0.3, -0.25) is 9.78 Å². The van der Waals surface area contributed by atoms with Crippen molar-refractivity contribution in [3.8, 4) is 6.07 Å². The maximum atomic E-state index is 12.4. The molecule has 1 amide bonds. The average Bonchev–Trinajstić information content (AvgIpc) is 2.97. The topological polar surface area (TPSA) is 69.0 Å². The molecule has 0 radical (unpaired) electrons. The fraction of sp³-hybridized carbons (Fsp3) is 0.353. The summed E-state index contributed by atoms with van der Waals surface area (Å²) in [6.07, 6.45) is 5.51. The summed E-state index contributed by atoms with van der Waals surface area (Å²) < 4.78 is 0. The lowest BCUT2D eigenvalue weighted by Gasteiger charge is -2.27. The zero-order valence-corrected chi connectivity index (χ0v) is 13.8. The number of nitriles is 1. The number of aromatic nitrogens is 1. The number of hydrogen-bond acceptors (Lipinski definition) is 5. The van der Waals surface area contributed by atoms with E-state index < -0.39 is 0 Å². The molecule has 118 valence electrons. The molecular formula is C17H18N4OS. The Kier molecular flexibility index (Phi) is 4.58. The number of rotatable bonds is 4. The molecule has 0 atom stereocenters. The molecule has 1 aliphatic heterocycles. The van der Waals surface area contributed by atoms with E-state index >= 15 is 0 Å². The van der Waals surface area contributed by atoms with Crippen molar-refractivity contribution in [2.45, 2.75) is 25.8 Å². The van der Waals surface area contributed by atoms with E-state index in [1.54, 1.807) is 23.7 Å². The van der Waals surface area contributed by atoms with Crippen molar-refractivity contribution in [2.24, 2.45) is 0 Å². The van der Waals surface area contributed by atoms with Gasteiger partial charge in [0.05, 0.1) is 12.1 Å². The molecule has 0 unspecified atom stereocenters. The minimum atomic E-state index is 0.164. The van der Waals surface area contributed by atoms with Gasteiger partial charge in [0.2, 0.25) is 5.91 Å².